The normalized spacial score (nSPS) is 12.5. The number of Topliss-reactive ketones (excluding diaryl/α,β-unsaturated/α-hetero) is 1. The number of nitrogens with one attached hydrogen (secondary N) is 3. The molecule has 1 aromatic heterocycles. The van der Waals surface area contributed by atoms with Gasteiger partial charge in [0.25, 0.3) is 5.91 Å². The second kappa shape index (κ2) is 12.6. The van der Waals surface area contributed by atoms with E-state index in [1.165, 1.54) is 30.0 Å². The lowest BCUT2D eigenvalue weighted by Gasteiger charge is -2.34. The highest BCUT2D eigenvalue weighted by Gasteiger charge is 2.31. The molecule has 0 spiro atoms. The molecule has 0 saturated carbocycles. The Bertz CT molecular complexity index is 1740. The molecule has 1 aliphatic rings. The van der Waals surface area contributed by atoms with Crippen LogP contribution in [0.3, 0.4) is 0 Å². The van der Waals surface area contributed by atoms with Gasteiger partial charge in [-0.25, -0.2) is 13.8 Å². The van der Waals surface area contributed by atoms with Crippen LogP contribution < -0.4 is 20.9 Å². The number of likely N-dealkylation sites (N-methyl/N-ethyl adjacent to an activating group) is 1. The van der Waals surface area contributed by atoms with E-state index < -0.39 is 11.6 Å². The van der Waals surface area contributed by atoms with Crippen LogP contribution in [-0.2, 0) is 6.54 Å². The van der Waals surface area contributed by atoms with Crippen molar-refractivity contribution in [1.29, 1.82) is 0 Å². The topological polar surface area (TPSA) is 102 Å². The molecule has 1 aliphatic heterocycles. The summed E-state index contributed by atoms with van der Waals surface area (Å²) in [7, 11) is 3.88. The van der Waals surface area contributed by atoms with Crippen LogP contribution in [-0.4, -0.2) is 53.7 Å². The number of benzene rings is 3. The van der Waals surface area contributed by atoms with Crippen LogP contribution in [0.2, 0.25) is 0 Å². The van der Waals surface area contributed by atoms with Gasteiger partial charge in [-0.15, -0.1) is 0 Å². The third-order valence-electron chi connectivity index (χ3n) is 7.24. The molecule has 0 bridgehead atoms. The number of anilines is 4. The number of fused-ring (bicyclic) bond motifs is 1. The van der Waals surface area contributed by atoms with Crippen LogP contribution in [0.4, 0.5) is 31.9 Å². The largest absolute Gasteiger partial charge is 0.367 e. The summed E-state index contributed by atoms with van der Waals surface area (Å²) in [5, 5.41) is 9.21. The first-order valence-corrected chi connectivity index (χ1v) is 14.0. The van der Waals surface area contributed by atoms with Crippen LogP contribution >= 0.6 is 0 Å². The van der Waals surface area contributed by atoms with Crippen molar-refractivity contribution in [3.63, 3.8) is 0 Å². The zero-order chi connectivity index (χ0) is 31.5. The summed E-state index contributed by atoms with van der Waals surface area (Å²) in [4.78, 5) is 37.8. The summed E-state index contributed by atoms with van der Waals surface area (Å²) in [5.41, 5.74) is 3.73. The molecule has 0 atom stereocenters. The van der Waals surface area contributed by atoms with Gasteiger partial charge in [-0.3, -0.25) is 14.5 Å². The molecule has 3 aromatic carbocycles. The Labute approximate surface area is 254 Å². The third kappa shape index (κ3) is 6.28. The van der Waals surface area contributed by atoms with Crippen LogP contribution in [0.1, 0.15) is 38.8 Å². The highest BCUT2D eigenvalue weighted by molar-refractivity contribution is 6.05. The minimum atomic E-state index is -0.769. The number of ketones is 1. The second-order valence-electron chi connectivity index (χ2n) is 10.8. The summed E-state index contributed by atoms with van der Waals surface area (Å²) < 4.78 is 30.2. The van der Waals surface area contributed by atoms with Crippen molar-refractivity contribution in [2.75, 3.05) is 42.7 Å². The van der Waals surface area contributed by atoms with Crippen LogP contribution in [0.15, 0.2) is 73.1 Å². The lowest BCUT2D eigenvalue weighted by atomic mass is 9.97. The maximum atomic E-state index is 15.1. The molecule has 5 rings (SSSR count). The minimum absolute atomic E-state index is 0.0656. The number of halogens is 2. The van der Waals surface area contributed by atoms with E-state index in [-0.39, 0.29) is 41.5 Å². The van der Waals surface area contributed by atoms with Crippen LogP contribution in [0.25, 0.3) is 11.3 Å². The van der Waals surface area contributed by atoms with Crippen molar-refractivity contribution in [2.24, 2.45) is 0 Å². The van der Waals surface area contributed by atoms with E-state index >= 15 is 8.78 Å². The Morgan fingerprint density at radius 3 is 2.36 bits per heavy atom. The Kier molecular flexibility index (Phi) is 8.68. The highest BCUT2D eigenvalue weighted by Crippen LogP contribution is 2.41. The molecule has 44 heavy (non-hydrogen) atoms. The van der Waals surface area contributed by atoms with Crippen molar-refractivity contribution in [2.45, 2.75) is 20.4 Å². The molecular weight excluding hydrogens is 564 g/mol. The van der Waals surface area contributed by atoms with Gasteiger partial charge >= 0.3 is 0 Å². The quantitative estimate of drug-likeness (QED) is 0.206. The number of carbonyl (C=O) groups is 2. The average molecular weight is 598 g/mol. The van der Waals surface area contributed by atoms with Crippen molar-refractivity contribution in [3.8, 4) is 11.3 Å². The molecular formula is C33H33F2N7O2. The number of carbonyl (C=O) groups excluding carboxylic acids is 2. The average Bonchev–Trinajstić information content (AvgIpc) is 2.98. The van der Waals surface area contributed by atoms with Gasteiger partial charge in [0, 0.05) is 47.6 Å². The molecule has 0 radical (unpaired) electrons. The van der Waals surface area contributed by atoms with E-state index in [2.05, 4.69) is 22.5 Å². The first kappa shape index (κ1) is 30.3. The van der Waals surface area contributed by atoms with E-state index in [1.807, 2.05) is 32.0 Å². The smallest absolute Gasteiger partial charge is 0.255 e. The van der Waals surface area contributed by atoms with Gasteiger partial charge < -0.3 is 20.9 Å². The summed E-state index contributed by atoms with van der Waals surface area (Å²) in [5.74, 6) is -1.17. The number of hydrogen-bond acceptors (Lipinski definition) is 8. The SMILES string of the molecule is C=C1NCc2c(-c3cc(C(=O)Nc4ccc(C(C)=O)cc4)ccc3C)nc(NCCN(C)C)nc2N1c1c(F)cccc1F. The standard InChI is InChI=1S/C33H33F2N7O2/c1-19-9-10-23(32(44)38-24-13-11-22(12-14-24)20(2)43)17-25(19)29-26-18-37-21(3)42(30-27(34)7-6-8-28(30)35)31(26)40-33(39-29)36-15-16-41(4)5/h6-14,17,37H,3,15-16,18H2,1-2,4-5H3,(H,38,44)(H,36,39,40). The number of aromatic nitrogens is 2. The Morgan fingerprint density at radius 2 is 1.70 bits per heavy atom. The minimum Gasteiger partial charge on any atom is -0.367 e. The fourth-order valence-corrected chi connectivity index (χ4v) is 4.86. The van der Waals surface area contributed by atoms with Gasteiger partial charge in [0.2, 0.25) is 5.95 Å². The fraction of sp³-hybridized carbons (Fsp3) is 0.212. The molecule has 11 heteroatoms. The zero-order valence-electron chi connectivity index (χ0n) is 25.0. The van der Waals surface area contributed by atoms with Gasteiger partial charge in [-0.1, -0.05) is 18.7 Å². The predicted octanol–water partition coefficient (Wildman–Crippen LogP) is 5.87. The van der Waals surface area contributed by atoms with Crippen molar-refractivity contribution >= 4 is 34.8 Å². The van der Waals surface area contributed by atoms with Gasteiger partial charge in [-0.2, -0.15) is 4.98 Å². The van der Waals surface area contributed by atoms with E-state index in [9.17, 15) is 9.59 Å². The lowest BCUT2D eigenvalue weighted by molar-refractivity contribution is 0.101. The molecule has 226 valence electrons. The Morgan fingerprint density at radius 1 is 1.02 bits per heavy atom. The first-order valence-electron chi connectivity index (χ1n) is 14.0. The summed E-state index contributed by atoms with van der Waals surface area (Å²) >= 11 is 0. The van der Waals surface area contributed by atoms with Gasteiger partial charge in [0.1, 0.15) is 29.0 Å². The number of nitrogens with zero attached hydrogens (tertiary/aromatic N) is 4. The van der Waals surface area contributed by atoms with E-state index in [1.54, 1.807) is 36.4 Å². The van der Waals surface area contributed by atoms with Gasteiger partial charge in [0.05, 0.1) is 5.69 Å². The monoisotopic (exact) mass is 597 g/mol. The zero-order valence-corrected chi connectivity index (χ0v) is 25.0. The number of aryl methyl sites for hydroxylation is 1. The van der Waals surface area contributed by atoms with Crippen LogP contribution in [0.5, 0.6) is 0 Å². The summed E-state index contributed by atoms with van der Waals surface area (Å²) in [6.45, 7) is 8.83. The molecule has 0 saturated heterocycles. The summed E-state index contributed by atoms with van der Waals surface area (Å²) in [6, 6.07) is 15.6. The number of amides is 1. The molecule has 9 nitrogen and oxygen atoms in total. The van der Waals surface area contributed by atoms with E-state index in [0.717, 1.165) is 5.56 Å². The molecule has 0 aliphatic carbocycles. The molecule has 4 aromatic rings. The molecule has 2 heterocycles. The number of hydrogen-bond donors (Lipinski definition) is 3. The lowest BCUT2D eigenvalue weighted by Crippen LogP contribution is -2.35. The van der Waals surface area contributed by atoms with Crippen molar-refractivity contribution in [3.05, 3.63) is 107 Å². The number of para-hydroxylation sites is 1. The molecule has 1 amide bonds. The third-order valence-corrected chi connectivity index (χ3v) is 7.24. The molecule has 3 N–H and O–H groups in total. The highest BCUT2D eigenvalue weighted by atomic mass is 19.1. The van der Waals surface area contributed by atoms with Gasteiger partial charge in [0.15, 0.2) is 5.78 Å². The predicted molar refractivity (Wildman–Crippen MR) is 168 cm³/mol. The Balaban J connectivity index is 1.60. The van der Waals surface area contributed by atoms with E-state index in [0.29, 0.717) is 46.7 Å². The first-order chi connectivity index (χ1) is 21.0. The molecule has 0 unspecified atom stereocenters. The maximum Gasteiger partial charge on any atom is 0.255 e. The Hall–Kier alpha value is -5.16. The fourth-order valence-electron chi connectivity index (χ4n) is 4.86. The van der Waals surface area contributed by atoms with Crippen molar-refractivity contribution < 1.29 is 18.4 Å². The van der Waals surface area contributed by atoms with Crippen molar-refractivity contribution in [1.82, 2.24) is 20.2 Å². The van der Waals surface area contributed by atoms with Crippen LogP contribution in [0, 0.1) is 18.6 Å². The second-order valence-corrected chi connectivity index (χ2v) is 10.8. The maximum absolute atomic E-state index is 15.1. The molecule has 0 fully saturated rings. The number of rotatable bonds is 9. The van der Waals surface area contributed by atoms with Gasteiger partial charge in [-0.05, 0) is 82.0 Å². The summed E-state index contributed by atoms with van der Waals surface area (Å²) in [6.07, 6.45) is 0. The van der Waals surface area contributed by atoms with E-state index in [4.69, 9.17) is 9.97 Å².